The van der Waals surface area contributed by atoms with E-state index in [9.17, 15) is 4.79 Å². The van der Waals surface area contributed by atoms with Gasteiger partial charge in [0, 0.05) is 5.56 Å². The average Bonchev–Trinajstić information content (AvgIpc) is 3.35. The summed E-state index contributed by atoms with van der Waals surface area (Å²) >= 11 is 0. The van der Waals surface area contributed by atoms with Crippen LogP contribution < -0.4 is 18.9 Å². The number of carbonyl (C=O) groups excluding carboxylic acids is 1. The van der Waals surface area contributed by atoms with Crippen molar-refractivity contribution in [3.8, 4) is 23.0 Å². The van der Waals surface area contributed by atoms with Crippen molar-refractivity contribution >= 4 is 17.9 Å². The number of ether oxygens (including phenoxy) is 5. The van der Waals surface area contributed by atoms with E-state index in [1.165, 1.54) is 0 Å². The zero-order valence-electron chi connectivity index (χ0n) is 16.3. The summed E-state index contributed by atoms with van der Waals surface area (Å²) in [5.74, 6) is 2.16. The highest BCUT2D eigenvalue weighted by molar-refractivity contribution is 6.12. The summed E-state index contributed by atoms with van der Waals surface area (Å²) in [5.41, 5.74) is 1.60. The minimum atomic E-state index is -0.514. The molecule has 0 aromatic heterocycles. The second-order valence-electron chi connectivity index (χ2n) is 6.52. The van der Waals surface area contributed by atoms with Crippen LogP contribution in [0.4, 0.5) is 0 Å². The molecule has 2 aliphatic rings. The predicted molar refractivity (Wildman–Crippen MR) is 107 cm³/mol. The van der Waals surface area contributed by atoms with Crippen LogP contribution in [0.1, 0.15) is 30.9 Å². The summed E-state index contributed by atoms with van der Waals surface area (Å²) in [4.78, 5) is 16.6. The van der Waals surface area contributed by atoms with Crippen LogP contribution >= 0.6 is 0 Å². The number of unbranched alkanes of at least 4 members (excludes halogenated alkanes) is 1. The van der Waals surface area contributed by atoms with E-state index in [1.807, 2.05) is 24.3 Å². The summed E-state index contributed by atoms with van der Waals surface area (Å²) < 4.78 is 27.1. The zero-order valence-corrected chi connectivity index (χ0v) is 16.3. The largest absolute Gasteiger partial charge is 0.494 e. The number of esters is 1. The van der Waals surface area contributed by atoms with E-state index in [-0.39, 0.29) is 18.4 Å². The molecule has 0 saturated heterocycles. The molecule has 29 heavy (non-hydrogen) atoms. The quantitative estimate of drug-likeness (QED) is 0.401. The van der Waals surface area contributed by atoms with Crippen molar-refractivity contribution < 1.29 is 28.5 Å². The van der Waals surface area contributed by atoms with E-state index >= 15 is 0 Å². The van der Waals surface area contributed by atoms with Gasteiger partial charge in [0.15, 0.2) is 17.2 Å². The number of rotatable bonds is 7. The Kier molecular flexibility index (Phi) is 5.37. The molecule has 7 heteroatoms. The van der Waals surface area contributed by atoms with Gasteiger partial charge in [-0.3, -0.25) is 0 Å². The fraction of sp³-hybridized carbons (Fsp3) is 0.273. The van der Waals surface area contributed by atoms with Gasteiger partial charge in [0.1, 0.15) is 5.75 Å². The number of aliphatic imine (C=N–C) groups is 1. The number of methoxy groups -OCH3 is 1. The van der Waals surface area contributed by atoms with Gasteiger partial charge in [-0.1, -0.05) is 13.3 Å². The van der Waals surface area contributed by atoms with E-state index in [0.29, 0.717) is 35.0 Å². The molecule has 0 N–H and O–H groups in total. The third-order valence-electron chi connectivity index (χ3n) is 4.47. The fourth-order valence-electron chi connectivity index (χ4n) is 2.95. The van der Waals surface area contributed by atoms with Crippen LogP contribution in [0.3, 0.4) is 0 Å². The van der Waals surface area contributed by atoms with Crippen molar-refractivity contribution in [3.63, 3.8) is 0 Å². The second-order valence-corrected chi connectivity index (χ2v) is 6.52. The van der Waals surface area contributed by atoms with Crippen molar-refractivity contribution in [2.75, 3.05) is 20.5 Å². The summed E-state index contributed by atoms with van der Waals surface area (Å²) in [7, 11) is 1.55. The number of fused-ring (bicyclic) bond motifs is 1. The lowest BCUT2D eigenvalue weighted by atomic mass is 10.1. The smallest absolute Gasteiger partial charge is 0.363 e. The molecule has 2 aliphatic heterocycles. The topological polar surface area (TPSA) is 75.6 Å². The average molecular weight is 395 g/mol. The number of hydrogen-bond donors (Lipinski definition) is 0. The number of nitrogens with zero attached hydrogens (tertiary/aromatic N) is 1. The molecule has 0 aliphatic carbocycles. The molecule has 2 aromatic rings. The Morgan fingerprint density at radius 1 is 1.17 bits per heavy atom. The first kappa shape index (κ1) is 18.9. The van der Waals surface area contributed by atoms with Crippen molar-refractivity contribution in [2.45, 2.75) is 19.8 Å². The molecule has 0 amide bonds. The van der Waals surface area contributed by atoms with Crippen molar-refractivity contribution in [2.24, 2.45) is 4.99 Å². The van der Waals surface area contributed by atoms with Crippen LogP contribution in [-0.4, -0.2) is 32.4 Å². The Balaban J connectivity index is 1.55. The first-order valence-electron chi connectivity index (χ1n) is 9.41. The van der Waals surface area contributed by atoms with Gasteiger partial charge in [0.2, 0.25) is 18.4 Å². The van der Waals surface area contributed by atoms with Crippen LogP contribution in [0.15, 0.2) is 47.1 Å². The lowest BCUT2D eigenvalue weighted by Gasteiger charge is -2.05. The monoisotopic (exact) mass is 395 g/mol. The maximum atomic E-state index is 12.3. The lowest BCUT2D eigenvalue weighted by molar-refractivity contribution is -0.129. The van der Waals surface area contributed by atoms with Crippen LogP contribution in [0, 0.1) is 0 Å². The Morgan fingerprint density at radius 2 is 2.00 bits per heavy atom. The molecule has 0 saturated carbocycles. The number of carbonyl (C=O) groups is 1. The van der Waals surface area contributed by atoms with Crippen molar-refractivity contribution in [1.82, 2.24) is 0 Å². The second kappa shape index (κ2) is 8.26. The van der Waals surface area contributed by atoms with E-state index in [1.54, 1.807) is 25.3 Å². The molecule has 4 rings (SSSR count). The van der Waals surface area contributed by atoms with Crippen LogP contribution in [0.25, 0.3) is 6.08 Å². The number of benzene rings is 2. The molecule has 7 nitrogen and oxygen atoms in total. The highest BCUT2D eigenvalue weighted by atomic mass is 16.7. The SMILES string of the molecule is CCCCOc1ccc(C2=N/C(=C\c3cc(OC)c4c(c3)OCO4)C(=O)O2)cc1. The maximum Gasteiger partial charge on any atom is 0.363 e. The van der Waals surface area contributed by atoms with Gasteiger partial charge < -0.3 is 23.7 Å². The first-order valence-corrected chi connectivity index (χ1v) is 9.41. The Labute approximate surface area is 168 Å². The van der Waals surface area contributed by atoms with Gasteiger partial charge in [-0.15, -0.1) is 0 Å². The summed E-state index contributed by atoms with van der Waals surface area (Å²) in [6.45, 7) is 2.93. The standard InChI is InChI=1S/C22H21NO6/c1-3-4-9-26-16-7-5-15(6-8-16)21-23-17(22(24)29-21)10-14-11-18(25-2)20-19(12-14)27-13-28-20/h5-8,10-12H,3-4,9,13H2,1-2H3/b17-10-. The molecule has 2 heterocycles. The first-order chi connectivity index (χ1) is 14.2. The Morgan fingerprint density at radius 3 is 2.76 bits per heavy atom. The van der Waals surface area contributed by atoms with Gasteiger partial charge in [-0.05, 0) is 54.5 Å². The molecule has 150 valence electrons. The molecule has 0 spiro atoms. The van der Waals surface area contributed by atoms with E-state index in [0.717, 1.165) is 18.6 Å². The fourth-order valence-corrected chi connectivity index (χ4v) is 2.95. The van der Waals surface area contributed by atoms with E-state index in [2.05, 4.69) is 11.9 Å². The van der Waals surface area contributed by atoms with Gasteiger partial charge in [-0.2, -0.15) is 0 Å². The molecular weight excluding hydrogens is 374 g/mol. The summed E-state index contributed by atoms with van der Waals surface area (Å²) in [5, 5.41) is 0. The van der Waals surface area contributed by atoms with Gasteiger partial charge in [-0.25, -0.2) is 9.79 Å². The number of hydrogen-bond acceptors (Lipinski definition) is 7. The molecule has 2 aromatic carbocycles. The Bertz CT molecular complexity index is 978. The molecule has 0 radical (unpaired) electrons. The van der Waals surface area contributed by atoms with Crippen molar-refractivity contribution in [3.05, 3.63) is 53.2 Å². The third-order valence-corrected chi connectivity index (χ3v) is 4.47. The molecular formula is C22H21NO6. The predicted octanol–water partition coefficient (Wildman–Crippen LogP) is 3.95. The minimum absolute atomic E-state index is 0.133. The molecule has 0 unspecified atom stereocenters. The van der Waals surface area contributed by atoms with E-state index < -0.39 is 5.97 Å². The minimum Gasteiger partial charge on any atom is -0.494 e. The normalized spacial score (nSPS) is 16.0. The van der Waals surface area contributed by atoms with Crippen molar-refractivity contribution in [1.29, 1.82) is 0 Å². The third kappa shape index (κ3) is 4.03. The van der Waals surface area contributed by atoms with Crippen LogP contribution in [-0.2, 0) is 9.53 Å². The number of cyclic esters (lactones) is 1. The Hall–Kier alpha value is -3.48. The maximum absolute atomic E-state index is 12.3. The summed E-state index contributed by atoms with van der Waals surface area (Å²) in [6, 6.07) is 10.8. The van der Waals surface area contributed by atoms with Gasteiger partial charge >= 0.3 is 5.97 Å². The highest BCUT2D eigenvalue weighted by Crippen LogP contribution is 2.42. The highest BCUT2D eigenvalue weighted by Gasteiger charge is 2.25. The zero-order chi connectivity index (χ0) is 20.2. The van der Waals surface area contributed by atoms with Crippen LogP contribution in [0.5, 0.6) is 23.0 Å². The molecule has 0 fully saturated rings. The van der Waals surface area contributed by atoms with E-state index in [4.69, 9.17) is 23.7 Å². The van der Waals surface area contributed by atoms with Gasteiger partial charge in [0.05, 0.1) is 13.7 Å². The van der Waals surface area contributed by atoms with Crippen LogP contribution in [0.2, 0.25) is 0 Å². The summed E-state index contributed by atoms with van der Waals surface area (Å²) in [6.07, 6.45) is 3.71. The van der Waals surface area contributed by atoms with Gasteiger partial charge in [0.25, 0.3) is 0 Å². The lowest BCUT2D eigenvalue weighted by Crippen LogP contribution is -2.05. The molecule has 0 atom stereocenters. The molecule has 0 bridgehead atoms.